The van der Waals surface area contributed by atoms with E-state index < -0.39 is 184 Å². The molecule has 0 aliphatic heterocycles. The number of nitrogens with two attached hydrogens (primary N) is 3. The van der Waals surface area contributed by atoms with Gasteiger partial charge in [-0.05, 0) is 0 Å². The van der Waals surface area contributed by atoms with Gasteiger partial charge >= 0.3 is 672 Å². The number of carbonyl (C=O) groups excluding carboxylic acids is 11. The van der Waals surface area contributed by atoms with Crippen LogP contribution < -0.4 is 17.2 Å². The third-order valence-electron chi connectivity index (χ3n) is 11.1. The SMILES string of the molecule is CN(C)N=Nc1cc(C(N)=O)[se]c1C(N)=O.COC(=O)c1cc(N)c(C(=O)OC)[se]1.COC(=O)c1cc(N=NN(C)C)c(C(=O)OC)[se]1.COC(=O)c1cc([N+](=O)[O-])c(C(=O)OC)[se]1.COC(=O)c1ccc(C)[se]1.COC(=O)c1ccc(C=O)[se]1.O=C(O)c1cc([N+](=O)[O-])c(C(=O)O)[se]1.O=C(O)c1ccc(C(=O)O)[se]1. The number of aldehydes is 1. The number of esters is 8. The Kier molecular flexibility index (Phi) is 43.4. The molecule has 110 heavy (non-hydrogen) atoms. The van der Waals surface area contributed by atoms with Crippen molar-refractivity contribution >= 4 is 234 Å². The molecule has 50 heteroatoms. The fourth-order valence-electron chi connectivity index (χ4n) is 6.36. The van der Waals surface area contributed by atoms with Crippen molar-refractivity contribution in [3.8, 4) is 0 Å². The van der Waals surface area contributed by atoms with E-state index in [9.17, 15) is 92.1 Å². The summed E-state index contributed by atoms with van der Waals surface area (Å²) in [4.78, 5) is 183. The van der Waals surface area contributed by atoms with Crippen molar-refractivity contribution in [3.05, 3.63) is 158 Å². The molecule has 0 fully saturated rings. The summed E-state index contributed by atoms with van der Waals surface area (Å²) in [6.45, 7) is 2.02. The molecule has 8 aromatic heterocycles. The first-order valence-corrected chi connectivity index (χ1v) is 42.1. The van der Waals surface area contributed by atoms with E-state index in [1.807, 2.05) is 19.1 Å². The molecule has 8 heterocycles. The second kappa shape index (κ2) is 48.9. The predicted molar refractivity (Wildman–Crippen MR) is 387 cm³/mol. The third-order valence-corrected chi connectivity index (χ3v) is 29.1. The maximum absolute atomic E-state index is 11.6. The van der Waals surface area contributed by atoms with Crippen LogP contribution in [0, 0.1) is 27.2 Å². The Morgan fingerprint density at radius 1 is 0.391 bits per heavy atom. The molecule has 2 amide bonds. The van der Waals surface area contributed by atoms with Crippen molar-refractivity contribution in [1.82, 2.24) is 10.0 Å². The number of carboxylic acid groups (broad SMARTS) is 4. The molecule has 590 valence electrons. The number of nitrogen functional groups attached to an aromatic ring is 1. The van der Waals surface area contributed by atoms with Crippen LogP contribution in [0.5, 0.6) is 0 Å². The van der Waals surface area contributed by atoms with E-state index in [0.29, 0.717) is 46.9 Å². The average molecular weight is 2060 g/mol. The van der Waals surface area contributed by atoms with Crippen LogP contribution in [0.15, 0.2) is 87.4 Å². The number of hydrogen-bond donors (Lipinski definition) is 7. The van der Waals surface area contributed by atoms with Gasteiger partial charge < -0.3 is 0 Å². The van der Waals surface area contributed by atoms with Gasteiger partial charge in [0.15, 0.2) is 0 Å². The maximum atomic E-state index is 11.6. The standard InChI is InChI=1S/C10H13N3O4Se.C8H11N5O2Se.C8H7NO6Se.C8H9NO4Se.C7H6O3Se.C7H8O2Se.C6H3NO6Se.C6H4O4Se/c1-13(2)12-11-6-5-7(9(14)16-3)18-8(6)10(15)17-4;1-13(2)12-11-4-3-5(7(9)14)16-6(4)8(10)15;1-14-7(10)5-3-4(9(12)13)6(16-5)8(11)15-2;1-12-7(10)5-3-4(9)6(14-5)8(11)13-2;1-10-7(9)6-3-2-5(4-8)11-6;1-5-3-4-6(10-5)7(8)9-2;8-5(9)3-1-2(7(12)13)4(14-3)6(10)11;7-5(8)3-1-2-4(11-3)6(9)10/h5H,1-4H3;3H,1-2H3,(H2,9,14)(H2,10,15);3H,1-2H3;3H,9H2,1-2H3;2-4H,1H3;3-4H,1-2H3;1H,(H,8,9)(H,10,11);1-2H,(H,7,8)(H,9,10). The molecule has 0 aromatic carbocycles. The molecule has 10 N–H and O–H groups in total. The Hall–Kier alpha value is -10.4. The second-order valence-corrected chi connectivity index (χ2v) is 37.4. The Bertz CT molecular complexity index is 4680. The van der Waals surface area contributed by atoms with Gasteiger partial charge in [-0.3, -0.25) is 0 Å². The summed E-state index contributed by atoms with van der Waals surface area (Å²) >= 11 is -3.56. The third kappa shape index (κ3) is 32.1. The number of carbonyl (C=O) groups is 15. The zero-order chi connectivity index (χ0) is 84.1. The van der Waals surface area contributed by atoms with Gasteiger partial charge in [0, 0.05) is 0 Å². The van der Waals surface area contributed by atoms with Gasteiger partial charge in [-0.1, -0.05) is 0 Å². The predicted octanol–water partition coefficient (Wildman–Crippen LogP) is 1.87. The second-order valence-electron chi connectivity index (χ2n) is 19.1. The first-order valence-electron chi connectivity index (χ1n) is 28.4. The van der Waals surface area contributed by atoms with Gasteiger partial charge in [0.2, 0.25) is 0 Å². The number of rotatable bonds is 21. The molecule has 0 spiro atoms. The van der Waals surface area contributed by atoms with E-state index in [1.54, 1.807) is 40.3 Å². The molecular weight excluding hydrogens is 2000 g/mol. The zero-order valence-corrected chi connectivity index (χ0v) is 72.5. The molecule has 8 rings (SSSR count). The van der Waals surface area contributed by atoms with E-state index in [4.69, 9.17) is 37.6 Å². The van der Waals surface area contributed by atoms with Gasteiger partial charge in [0.05, 0.1) is 0 Å². The van der Waals surface area contributed by atoms with Gasteiger partial charge in [0.25, 0.3) is 0 Å². The molecule has 0 saturated heterocycles. The van der Waals surface area contributed by atoms with Crippen LogP contribution in [0.4, 0.5) is 28.4 Å². The normalized spacial score (nSPS) is 9.83. The van der Waals surface area contributed by atoms with Crippen LogP contribution in [-0.2, 0) is 37.9 Å². The van der Waals surface area contributed by atoms with Crippen molar-refractivity contribution in [2.75, 3.05) is 90.8 Å². The number of nitrogens with zero attached hydrogens (tertiary/aromatic N) is 8. The van der Waals surface area contributed by atoms with E-state index >= 15 is 0 Å². The van der Waals surface area contributed by atoms with Crippen LogP contribution in [0.2, 0.25) is 0 Å². The summed E-state index contributed by atoms with van der Waals surface area (Å²) in [6, 6.07) is 16.0. The van der Waals surface area contributed by atoms with E-state index in [2.05, 4.69) is 58.6 Å². The van der Waals surface area contributed by atoms with Crippen molar-refractivity contribution < 1.29 is 140 Å². The van der Waals surface area contributed by atoms with Gasteiger partial charge in [-0.2, -0.15) is 0 Å². The molecule has 0 radical (unpaired) electrons. The van der Waals surface area contributed by atoms with Crippen LogP contribution in [-0.4, -0.2) is 331 Å². The van der Waals surface area contributed by atoms with Gasteiger partial charge in [-0.25, -0.2) is 0 Å². The van der Waals surface area contributed by atoms with Gasteiger partial charge in [-0.15, -0.1) is 0 Å². The number of methoxy groups -OCH3 is 8. The molecule has 8 aromatic rings. The zero-order valence-electron chi connectivity index (χ0n) is 58.8. The van der Waals surface area contributed by atoms with Crippen LogP contribution in [0.3, 0.4) is 0 Å². The topological polar surface area (TPSA) is 631 Å². The van der Waals surface area contributed by atoms with Crippen LogP contribution in [0.1, 0.15) is 143 Å². The fourth-order valence-corrected chi connectivity index (χ4v) is 20.2. The van der Waals surface area contributed by atoms with Crippen molar-refractivity contribution in [3.63, 3.8) is 0 Å². The van der Waals surface area contributed by atoms with Crippen molar-refractivity contribution in [2.45, 2.75) is 6.92 Å². The quantitative estimate of drug-likeness (QED) is 0.0103. The Morgan fingerprint density at radius 3 is 1.09 bits per heavy atom. The van der Waals surface area contributed by atoms with Gasteiger partial charge in [0.1, 0.15) is 0 Å². The Balaban J connectivity index is 0.000000632. The number of ether oxygens (including phenoxy) is 8. The summed E-state index contributed by atoms with van der Waals surface area (Å²) in [5.41, 5.74) is 15.8. The average Bonchev–Trinajstić information content (AvgIpc) is 1.70. The molecule has 42 nitrogen and oxygen atoms in total. The monoisotopic (exact) mass is 2070 g/mol. The number of anilines is 1. The van der Waals surface area contributed by atoms with Crippen molar-refractivity contribution in [2.24, 2.45) is 32.1 Å². The first kappa shape index (κ1) is 97.7. The minimum atomic E-state index is -1.44. The number of carboxylic acids is 4. The van der Waals surface area contributed by atoms with E-state index in [1.165, 1.54) is 94.6 Å². The fraction of sp³-hybridized carbons (Fsp3) is 0.217. The van der Waals surface area contributed by atoms with Crippen molar-refractivity contribution in [1.29, 1.82) is 0 Å². The Labute approximate surface area is 666 Å². The molecule has 0 aliphatic carbocycles. The number of primary amides is 2. The van der Waals surface area contributed by atoms with Crippen LogP contribution >= 0.6 is 0 Å². The van der Waals surface area contributed by atoms with Crippen LogP contribution in [0.25, 0.3) is 0 Å². The minimum absolute atomic E-state index is 0.0830. The number of amides is 2. The summed E-state index contributed by atoms with van der Waals surface area (Å²) in [7, 11) is 16.9. The summed E-state index contributed by atoms with van der Waals surface area (Å²) in [5, 5.41) is 73.1. The summed E-state index contributed by atoms with van der Waals surface area (Å²) in [6.07, 6.45) is 0.770. The number of hydrogen-bond acceptors (Lipinski definition) is 32. The summed E-state index contributed by atoms with van der Waals surface area (Å²) in [5.74, 6) is -9.87. The molecular formula is C60H61N11O31Se8. The van der Waals surface area contributed by atoms with E-state index in [0.717, 1.165) is 30.0 Å². The molecule has 0 atom stereocenters. The molecule has 0 unspecified atom stereocenters. The van der Waals surface area contributed by atoms with E-state index in [-0.39, 0.29) is 68.8 Å². The number of nitro groups is 2. The number of aryl methyl sites for hydroxylation is 1. The molecule has 0 bridgehead atoms. The molecule has 0 aliphatic rings. The first-order chi connectivity index (χ1) is 51.6. The number of aromatic carboxylic acids is 4. The molecule has 0 saturated carbocycles. The summed E-state index contributed by atoms with van der Waals surface area (Å²) < 4.78 is 41.6. The Morgan fingerprint density at radius 2 is 0.727 bits per heavy atom.